The van der Waals surface area contributed by atoms with Crippen molar-refractivity contribution in [2.45, 2.75) is 72.4 Å². The Morgan fingerprint density at radius 3 is 2.47 bits per heavy atom. The topological polar surface area (TPSA) is 29.9 Å². The maximum Gasteiger partial charge on any atom is 0.0627 e. The van der Waals surface area contributed by atoms with Crippen molar-refractivity contribution in [2.24, 2.45) is 5.92 Å². The lowest BCUT2D eigenvalue weighted by Gasteiger charge is -2.17. The lowest BCUT2D eigenvalue weighted by Crippen LogP contribution is -2.27. The van der Waals surface area contributed by atoms with Crippen LogP contribution in [-0.4, -0.2) is 22.4 Å². The first-order chi connectivity index (χ1) is 9.10. The summed E-state index contributed by atoms with van der Waals surface area (Å²) in [7, 11) is 0. The largest absolute Gasteiger partial charge is 0.315 e. The fourth-order valence-electron chi connectivity index (χ4n) is 2.83. The van der Waals surface area contributed by atoms with Crippen LogP contribution in [0, 0.1) is 5.92 Å². The molecule has 0 aliphatic carbocycles. The summed E-state index contributed by atoms with van der Waals surface area (Å²) in [6.07, 6.45) is 6.76. The van der Waals surface area contributed by atoms with Gasteiger partial charge in [-0.25, -0.2) is 0 Å². The second-order valence-corrected chi connectivity index (χ2v) is 5.76. The molecule has 0 spiro atoms. The van der Waals surface area contributed by atoms with E-state index in [0.717, 1.165) is 25.8 Å². The molecule has 1 N–H and O–H groups in total. The zero-order valence-corrected chi connectivity index (χ0v) is 13.3. The fourth-order valence-corrected chi connectivity index (χ4v) is 2.83. The standard InChI is InChI=1S/C16H31N3/c1-6-16(7-2)19-10-9-15(18-19)12-13(4)11-14(5)17-8-3/h9-10,13-14,16-17H,6-8,11-12H2,1-5H3. The first-order valence-corrected chi connectivity index (χ1v) is 7.88. The highest BCUT2D eigenvalue weighted by atomic mass is 15.3. The number of aromatic nitrogens is 2. The van der Waals surface area contributed by atoms with Gasteiger partial charge in [0.25, 0.3) is 0 Å². The summed E-state index contributed by atoms with van der Waals surface area (Å²) in [6, 6.07) is 3.35. The van der Waals surface area contributed by atoms with Gasteiger partial charge >= 0.3 is 0 Å². The number of nitrogens with zero attached hydrogens (tertiary/aromatic N) is 2. The molecule has 0 radical (unpaired) electrons. The van der Waals surface area contributed by atoms with Gasteiger partial charge in [0.1, 0.15) is 0 Å². The molecule has 0 aliphatic rings. The van der Waals surface area contributed by atoms with Gasteiger partial charge in [0.05, 0.1) is 11.7 Å². The first-order valence-electron chi connectivity index (χ1n) is 7.88. The molecule has 1 aromatic rings. The molecule has 0 saturated carbocycles. The van der Waals surface area contributed by atoms with E-state index >= 15 is 0 Å². The summed E-state index contributed by atoms with van der Waals surface area (Å²) in [5, 5.41) is 8.22. The van der Waals surface area contributed by atoms with Crippen LogP contribution in [0.1, 0.15) is 65.6 Å². The third-order valence-corrected chi connectivity index (χ3v) is 3.85. The van der Waals surface area contributed by atoms with Crippen LogP contribution in [0.3, 0.4) is 0 Å². The Labute approximate surface area is 118 Å². The molecule has 0 fully saturated rings. The molecule has 2 unspecified atom stereocenters. The third-order valence-electron chi connectivity index (χ3n) is 3.85. The number of rotatable bonds is 9. The second kappa shape index (κ2) is 8.36. The van der Waals surface area contributed by atoms with Crippen LogP contribution in [0.15, 0.2) is 12.3 Å². The summed E-state index contributed by atoms with van der Waals surface area (Å²) < 4.78 is 2.15. The third kappa shape index (κ3) is 5.35. The quantitative estimate of drug-likeness (QED) is 0.736. The van der Waals surface area contributed by atoms with Gasteiger partial charge in [-0.3, -0.25) is 4.68 Å². The average molecular weight is 265 g/mol. The van der Waals surface area contributed by atoms with E-state index in [0.29, 0.717) is 18.0 Å². The van der Waals surface area contributed by atoms with Crippen LogP contribution in [0.2, 0.25) is 0 Å². The van der Waals surface area contributed by atoms with Crippen molar-refractivity contribution >= 4 is 0 Å². The zero-order valence-electron chi connectivity index (χ0n) is 13.3. The molecule has 0 bridgehead atoms. The van der Waals surface area contributed by atoms with Crippen molar-refractivity contribution in [1.29, 1.82) is 0 Å². The molecule has 1 aromatic heterocycles. The molecule has 0 aliphatic heterocycles. The van der Waals surface area contributed by atoms with Crippen LogP contribution in [0.5, 0.6) is 0 Å². The SMILES string of the molecule is CCNC(C)CC(C)Cc1ccn(C(CC)CC)n1. The first kappa shape index (κ1) is 16.2. The predicted octanol–water partition coefficient (Wildman–Crippen LogP) is 3.81. The van der Waals surface area contributed by atoms with E-state index in [1.807, 2.05) is 0 Å². The molecule has 3 heteroatoms. The fraction of sp³-hybridized carbons (Fsp3) is 0.812. The lowest BCUT2D eigenvalue weighted by molar-refractivity contribution is 0.407. The van der Waals surface area contributed by atoms with Crippen LogP contribution in [0.4, 0.5) is 0 Å². The monoisotopic (exact) mass is 265 g/mol. The van der Waals surface area contributed by atoms with E-state index in [1.54, 1.807) is 0 Å². The van der Waals surface area contributed by atoms with Crippen LogP contribution < -0.4 is 5.32 Å². The molecule has 1 rings (SSSR count). The van der Waals surface area contributed by atoms with Crippen molar-refractivity contribution < 1.29 is 0 Å². The van der Waals surface area contributed by atoms with Gasteiger partial charge in [-0.1, -0.05) is 27.7 Å². The van der Waals surface area contributed by atoms with Crippen LogP contribution in [0.25, 0.3) is 0 Å². The molecule has 1 heterocycles. The van der Waals surface area contributed by atoms with E-state index in [-0.39, 0.29) is 0 Å². The molecule has 2 atom stereocenters. The van der Waals surface area contributed by atoms with Gasteiger partial charge in [-0.15, -0.1) is 0 Å². The second-order valence-electron chi connectivity index (χ2n) is 5.76. The van der Waals surface area contributed by atoms with Gasteiger partial charge < -0.3 is 5.32 Å². The minimum atomic E-state index is 0.560. The molecular weight excluding hydrogens is 234 g/mol. The van der Waals surface area contributed by atoms with E-state index in [9.17, 15) is 0 Å². The molecular formula is C16H31N3. The Bertz CT molecular complexity index is 342. The summed E-state index contributed by atoms with van der Waals surface area (Å²) >= 11 is 0. The molecule has 19 heavy (non-hydrogen) atoms. The lowest BCUT2D eigenvalue weighted by atomic mass is 9.98. The van der Waals surface area contributed by atoms with Crippen molar-refractivity contribution in [2.75, 3.05) is 6.54 Å². The summed E-state index contributed by atoms with van der Waals surface area (Å²) in [5.74, 6) is 0.680. The number of nitrogens with one attached hydrogen (secondary N) is 1. The van der Waals surface area contributed by atoms with Crippen molar-refractivity contribution in [1.82, 2.24) is 15.1 Å². The Balaban J connectivity index is 2.48. The zero-order chi connectivity index (χ0) is 14.3. The van der Waals surface area contributed by atoms with Crippen LogP contribution >= 0.6 is 0 Å². The van der Waals surface area contributed by atoms with Gasteiger partial charge in [-0.2, -0.15) is 5.10 Å². The van der Waals surface area contributed by atoms with E-state index in [1.165, 1.54) is 12.1 Å². The highest BCUT2D eigenvalue weighted by Crippen LogP contribution is 2.17. The van der Waals surface area contributed by atoms with E-state index in [2.05, 4.69) is 56.9 Å². The molecule has 0 aromatic carbocycles. The molecule has 0 amide bonds. The highest BCUT2D eigenvalue weighted by molar-refractivity contribution is 5.01. The van der Waals surface area contributed by atoms with Crippen molar-refractivity contribution in [3.8, 4) is 0 Å². The maximum absolute atomic E-state index is 4.74. The van der Waals surface area contributed by atoms with Gasteiger partial charge in [0, 0.05) is 12.2 Å². The van der Waals surface area contributed by atoms with Gasteiger partial charge in [-0.05, 0) is 51.1 Å². The minimum absolute atomic E-state index is 0.560. The predicted molar refractivity (Wildman–Crippen MR) is 82.5 cm³/mol. The molecule has 3 nitrogen and oxygen atoms in total. The Morgan fingerprint density at radius 2 is 1.89 bits per heavy atom. The van der Waals surface area contributed by atoms with Crippen molar-refractivity contribution in [3.05, 3.63) is 18.0 Å². The number of hydrogen-bond donors (Lipinski definition) is 1. The van der Waals surface area contributed by atoms with E-state index < -0.39 is 0 Å². The minimum Gasteiger partial charge on any atom is -0.315 e. The summed E-state index contributed by atoms with van der Waals surface area (Å²) in [5.41, 5.74) is 1.24. The van der Waals surface area contributed by atoms with E-state index in [4.69, 9.17) is 5.10 Å². The summed E-state index contributed by atoms with van der Waals surface area (Å²) in [4.78, 5) is 0. The van der Waals surface area contributed by atoms with Gasteiger partial charge in [0.2, 0.25) is 0 Å². The highest BCUT2D eigenvalue weighted by Gasteiger charge is 2.12. The smallest absolute Gasteiger partial charge is 0.0627 e. The molecule has 0 saturated heterocycles. The average Bonchev–Trinajstić information content (AvgIpc) is 2.79. The normalized spacial score (nSPS) is 14.8. The van der Waals surface area contributed by atoms with Gasteiger partial charge in [0.15, 0.2) is 0 Å². The maximum atomic E-state index is 4.74. The Morgan fingerprint density at radius 1 is 1.21 bits per heavy atom. The Hall–Kier alpha value is -0.830. The molecule has 110 valence electrons. The van der Waals surface area contributed by atoms with Crippen molar-refractivity contribution in [3.63, 3.8) is 0 Å². The Kier molecular flexibility index (Phi) is 7.14. The summed E-state index contributed by atoms with van der Waals surface area (Å²) in [6.45, 7) is 12.3. The van der Waals surface area contributed by atoms with Crippen LogP contribution in [-0.2, 0) is 6.42 Å². The number of hydrogen-bond acceptors (Lipinski definition) is 2.